The Balaban J connectivity index is 2.04. The van der Waals surface area contributed by atoms with Gasteiger partial charge in [-0.2, -0.15) is 0 Å². The maximum Gasteiger partial charge on any atom is 0.316 e. The van der Waals surface area contributed by atoms with E-state index < -0.39 is 6.03 Å². The lowest BCUT2D eigenvalue weighted by atomic mass is 10.2. The summed E-state index contributed by atoms with van der Waals surface area (Å²) in [6, 6.07) is 13.2. The quantitative estimate of drug-likeness (QED) is 0.626. The first kappa shape index (κ1) is 11.0. The van der Waals surface area contributed by atoms with Gasteiger partial charge in [0, 0.05) is 9.79 Å². The molecule has 2 aromatic carbocycles. The molecule has 0 aliphatic carbocycles. The van der Waals surface area contributed by atoms with Crippen LogP contribution in [0.25, 0.3) is 0 Å². The van der Waals surface area contributed by atoms with Gasteiger partial charge in [-0.15, -0.1) is 0 Å². The van der Waals surface area contributed by atoms with E-state index in [1.54, 1.807) is 11.8 Å². The molecule has 0 radical (unpaired) electrons. The number of carbonyl (C=O) groups excluding carboxylic acids is 1. The van der Waals surface area contributed by atoms with Crippen molar-refractivity contribution in [3.05, 3.63) is 42.5 Å². The molecule has 3 rings (SSSR count). The Labute approximate surface area is 109 Å². The minimum Gasteiger partial charge on any atom is -0.352 e. The first-order chi connectivity index (χ1) is 8.74. The van der Waals surface area contributed by atoms with E-state index in [2.05, 4.69) is 16.7 Å². The average Bonchev–Trinajstić information content (AvgIpc) is 2.36. The highest BCUT2D eigenvalue weighted by molar-refractivity contribution is 7.99. The number of amides is 2. The van der Waals surface area contributed by atoms with E-state index in [0.29, 0.717) is 5.69 Å². The molecule has 0 fully saturated rings. The lowest BCUT2D eigenvalue weighted by Gasteiger charge is -2.22. The minimum absolute atomic E-state index is 0.561. The van der Waals surface area contributed by atoms with Crippen LogP contribution in [0.3, 0.4) is 0 Å². The number of hydrogen-bond acceptors (Lipinski definition) is 3. The molecule has 0 saturated heterocycles. The van der Waals surface area contributed by atoms with Crippen LogP contribution in [0.2, 0.25) is 0 Å². The van der Waals surface area contributed by atoms with Crippen molar-refractivity contribution < 1.29 is 4.79 Å². The average molecular weight is 257 g/mol. The molecular formula is C13H11N3OS. The van der Waals surface area contributed by atoms with E-state index in [1.165, 1.54) is 4.90 Å². The van der Waals surface area contributed by atoms with Crippen molar-refractivity contribution in [3.8, 4) is 0 Å². The number of benzene rings is 2. The molecule has 1 aliphatic rings. The third-order valence-corrected chi connectivity index (χ3v) is 3.79. The summed E-state index contributed by atoms with van der Waals surface area (Å²) in [7, 11) is 0. The van der Waals surface area contributed by atoms with E-state index in [0.717, 1.165) is 16.3 Å². The van der Waals surface area contributed by atoms with Crippen molar-refractivity contribution >= 4 is 34.9 Å². The van der Waals surface area contributed by atoms with E-state index in [1.807, 2.05) is 36.4 Å². The topological polar surface area (TPSA) is 67.2 Å². The lowest BCUT2D eigenvalue weighted by Crippen LogP contribution is -2.20. The molecule has 1 heterocycles. The van der Waals surface area contributed by atoms with Gasteiger partial charge >= 0.3 is 6.03 Å². The van der Waals surface area contributed by atoms with Gasteiger partial charge in [-0.05, 0) is 24.3 Å². The van der Waals surface area contributed by atoms with Crippen LogP contribution in [0, 0.1) is 0 Å². The first-order valence-corrected chi connectivity index (χ1v) is 6.29. The summed E-state index contributed by atoms with van der Waals surface area (Å²) in [6.07, 6.45) is 0. The number of primary amides is 1. The Bertz CT molecular complexity index is 627. The zero-order valence-electron chi connectivity index (χ0n) is 9.44. The molecule has 90 valence electrons. The van der Waals surface area contributed by atoms with Crippen molar-refractivity contribution in [1.82, 2.24) is 0 Å². The maximum atomic E-state index is 11.0. The standard InChI is InChI=1S/C13H11N3OS/c14-13(17)16-9-5-3-7-11-12(9)15-8-4-1-2-6-10(8)18-11/h1-7,15H,(H3,14,16,17). The molecule has 5 heteroatoms. The van der Waals surface area contributed by atoms with E-state index in [9.17, 15) is 4.79 Å². The van der Waals surface area contributed by atoms with Crippen LogP contribution < -0.4 is 16.4 Å². The van der Waals surface area contributed by atoms with Gasteiger partial charge in [-0.25, -0.2) is 4.79 Å². The number of nitrogens with one attached hydrogen (secondary N) is 2. The van der Waals surface area contributed by atoms with E-state index in [-0.39, 0.29) is 0 Å². The Morgan fingerprint density at radius 3 is 2.72 bits per heavy atom. The van der Waals surface area contributed by atoms with Gasteiger partial charge in [0.2, 0.25) is 0 Å². The fourth-order valence-electron chi connectivity index (χ4n) is 1.89. The van der Waals surface area contributed by atoms with Crippen molar-refractivity contribution in [2.75, 3.05) is 10.6 Å². The number of nitrogens with two attached hydrogens (primary N) is 1. The second kappa shape index (κ2) is 4.27. The smallest absolute Gasteiger partial charge is 0.316 e. The number of anilines is 3. The molecule has 0 spiro atoms. The van der Waals surface area contributed by atoms with Crippen LogP contribution >= 0.6 is 11.8 Å². The second-order valence-electron chi connectivity index (χ2n) is 3.89. The molecule has 0 saturated carbocycles. The molecule has 1 aliphatic heterocycles. The van der Waals surface area contributed by atoms with Crippen LogP contribution in [0.15, 0.2) is 52.3 Å². The largest absolute Gasteiger partial charge is 0.352 e. The highest BCUT2D eigenvalue weighted by Gasteiger charge is 2.18. The van der Waals surface area contributed by atoms with Crippen molar-refractivity contribution in [2.24, 2.45) is 5.73 Å². The van der Waals surface area contributed by atoms with Crippen molar-refractivity contribution in [1.29, 1.82) is 0 Å². The van der Waals surface area contributed by atoms with Crippen molar-refractivity contribution in [2.45, 2.75) is 9.79 Å². The van der Waals surface area contributed by atoms with Gasteiger partial charge in [0.05, 0.1) is 17.1 Å². The third-order valence-electron chi connectivity index (χ3n) is 2.65. The predicted molar refractivity (Wildman–Crippen MR) is 73.5 cm³/mol. The highest BCUT2D eigenvalue weighted by atomic mass is 32.2. The van der Waals surface area contributed by atoms with Crippen LogP contribution in [-0.4, -0.2) is 6.03 Å². The molecular weight excluding hydrogens is 246 g/mol. The third kappa shape index (κ3) is 1.89. The summed E-state index contributed by atoms with van der Waals surface area (Å²) in [4.78, 5) is 13.2. The predicted octanol–water partition coefficient (Wildman–Crippen LogP) is 3.39. The summed E-state index contributed by atoms with van der Waals surface area (Å²) >= 11 is 1.67. The highest BCUT2D eigenvalue weighted by Crippen LogP contribution is 2.46. The number of carbonyl (C=O) groups is 1. The number of para-hydroxylation sites is 2. The van der Waals surface area contributed by atoms with Gasteiger partial charge in [0.1, 0.15) is 0 Å². The van der Waals surface area contributed by atoms with Crippen LogP contribution in [0.1, 0.15) is 0 Å². The molecule has 2 amide bonds. The molecule has 4 N–H and O–H groups in total. The fraction of sp³-hybridized carbons (Fsp3) is 0. The number of urea groups is 1. The van der Waals surface area contributed by atoms with Gasteiger partial charge < -0.3 is 16.4 Å². The monoisotopic (exact) mass is 257 g/mol. The first-order valence-electron chi connectivity index (χ1n) is 5.47. The van der Waals surface area contributed by atoms with Crippen LogP contribution in [0.4, 0.5) is 21.9 Å². The zero-order chi connectivity index (χ0) is 12.5. The summed E-state index contributed by atoms with van der Waals surface area (Å²) in [5.74, 6) is 0. The summed E-state index contributed by atoms with van der Waals surface area (Å²) in [5.41, 5.74) is 7.79. The Morgan fingerprint density at radius 1 is 1.11 bits per heavy atom. The number of hydrogen-bond donors (Lipinski definition) is 3. The maximum absolute atomic E-state index is 11.0. The van der Waals surface area contributed by atoms with Gasteiger partial charge in [0.25, 0.3) is 0 Å². The molecule has 2 aromatic rings. The van der Waals surface area contributed by atoms with Crippen LogP contribution in [-0.2, 0) is 0 Å². The van der Waals surface area contributed by atoms with Gasteiger partial charge in [0.15, 0.2) is 0 Å². The fourth-order valence-corrected chi connectivity index (χ4v) is 2.92. The van der Waals surface area contributed by atoms with E-state index >= 15 is 0 Å². The zero-order valence-corrected chi connectivity index (χ0v) is 10.3. The second-order valence-corrected chi connectivity index (χ2v) is 4.97. The van der Waals surface area contributed by atoms with Gasteiger partial charge in [-0.1, -0.05) is 30.0 Å². The molecule has 18 heavy (non-hydrogen) atoms. The van der Waals surface area contributed by atoms with Crippen LogP contribution in [0.5, 0.6) is 0 Å². The lowest BCUT2D eigenvalue weighted by molar-refractivity contribution is 0.259. The Morgan fingerprint density at radius 2 is 1.89 bits per heavy atom. The normalized spacial score (nSPS) is 12.0. The van der Waals surface area contributed by atoms with Crippen molar-refractivity contribution in [3.63, 3.8) is 0 Å². The molecule has 0 unspecified atom stereocenters. The number of rotatable bonds is 1. The summed E-state index contributed by atoms with van der Waals surface area (Å²) in [6.45, 7) is 0. The molecule has 4 nitrogen and oxygen atoms in total. The summed E-state index contributed by atoms with van der Waals surface area (Å²) in [5, 5.41) is 5.95. The van der Waals surface area contributed by atoms with E-state index in [4.69, 9.17) is 5.73 Å². The minimum atomic E-state index is -0.561. The SMILES string of the molecule is NC(=O)Nc1cccc2c1Nc1ccccc1S2. The molecule has 0 bridgehead atoms. The Kier molecular flexibility index (Phi) is 2.60. The Hall–Kier alpha value is -2.14. The summed E-state index contributed by atoms with van der Waals surface area (Å²) < 4.78 is 0. The van der Waals surface area contributed by atoms with Gasteiger partial charge in [-0.3, -0.25) is 0 Å². The number of fused-ring (bicyclic) bond motifs is 2. The molecule has 0 atom stereocenters. The molecule has 0 aromatic heterocycles.